The van der Waals surface area contributed by atoms with Gasteiger partial charge < -0.3 is 37.5 Å². The van der Waals surface area contributed by atoms with Gasteiger partial charge in [-0.3, -0.25) is 19.2 Å². The third-order valence-corrected chi connectivity index (χ3v) is 4.87. The molecule has 13 nitrogen and oxygen atoms in total. The number of amides is 4. The number of nitrogens with two attached hydrogens (primary N) is 2. The van der Waals surface area contributed by atoms with E-state index in [0.717, 1.165) is 0 Å². The van der Waals surface area contributed by atoms with Gasteiger partial charge in [0.1, 0.15) is 18.1 Å². The number of aromatic nitrogens is 2. The number of aromatic amines is 1. The highest BCUT2D eigenvalue weighted by atomic mass is 32.1. The Kier molecular flexibility index (Phi) is 11.4. The summed E-state index contributed by atoms with van der Waals surface area (Å²) in [7, 11) is 0. The van der Waals surface area contributed by atoms with E-state index in [1.54, 1.807) is 0 Å². The van der Waals surface area contributed by atoms with Gasteiger partial charge in [0.05, 0.1) is 18.8 Å². The van der Waals surface area contributed by atoms with Gasteiger partial charge in [0, 0.05) is 24.1 Å². The third kappa shape index (κ3) is 9.91. The van der Waals surface area contributed by atoms with Crippen LogP contribution in [0, 0.1) is 5.92 Å². The monoisotopic (exact) mass is 485 g/mol. The summed E-state index contributed by atoms with van der Waals surface area (Å²) in [6.07, 6.45) is 2.70. The normalized spacial score (nSPS) is 14.6. The number of primary amides is 1. The fraction of sp³-hybridized carbons (Fsp3) is 0.579. The number of carbonyl (C=O) groups is 5. The Morgan fingerprint density at radius 1 is 1.06 bits per heavy atom. The van der Waals surface area contributed by atoms with Gasteiger partial charge >= 0.3 is 5.97 Å². The number of nitrogens with zero attached hydrogens (tertiary/aromatic N) is 1. The van der Waals surface area contributed by atoms with Crippen LogP contribution >= 0.6 is 12.6 Å². The van der Waals surface area contributed by atoms with Crippen LogP contribution in [0.4, 0.5) is 0 Å². The number of imidazole rings is 1. The molecule has 0 aliphatic carbocycles. The Bertz CT molecular complexity index is 833. The van der Waals surface area contributed by atoms with E-state index in [0.29, 0.717) is 12.1 Å². The van der Waals surface area contributed by atoms with Gasteiger partial charge in [-0.2, -0.15) is 12.6 Å². The number of aliphatic carboxylic acids is 1. The van der Waals surface area contributed by atoms with Gasteiger partial charge in [-0.1, -0.05) is 13.8 Å². The van der Waals surface area contributed by atoms with Crippen LogP contribution in [0.3, 0.4) is 0 Å². The summed E-state index contributed by atoms with van der Waals surface area (Å²) in [4.78, 5) is 66.9. The van der Waals surface area contributed by atoms with Crippen molar-refractivity contribution in [2.24, 2.45) is 17.4 Å². The summed E-state index contributed by atoms with van der Waals surface area (Å²) in [5.74, 6) is -4.55. The van der Waals surface area contributed by atoms with Gasteiger partial charge in [-0.05, 0) is 12.3 Å². The topological polar surface area (TPSA) is 222 Å². The largest absolute Gasteiger partial charge is 0.480 e. The van der Waals surface area contributed by atoms with Crippen LogP contribution in [-0.4, -0.2) is 74.6 Å². The highest BCUT2D eigenvalue weighted by Gasteiger charge is 2.30. The first-order valence-corrected chi connectivity index (χ1v) is 10.8. The SMILES string of the molecule is CC(C)CC(N)C(=O)NC(Cc1cnc[nH]1)C(=O)NC(CS)C(=O)NC(CC(N)=O)C(=O)O. The molecule has 0 aromatic carbocycles. The van der Waals surface area contributed by atoms with Crippen molar-refractivity contribution in [1.29, 1.82) is 0 Å². The molecule has 0 spiro atoms. The molecule has 1 aromatic heterocycles. The summed E-state index contributed by atoms with van der Waals surface area (Å²) in [6, 6.07) is -4.76. The number of H-pyrrole nitrogens is 1. The highest BCUT2D eigenvalue weighted by Crippen LogP contribution is 2.05. The predicted molar refractivity (Wildman–Crippen MR) is 121 cm³/mol. The van der Waals surface area contributed by atoms with Crippen molar-refractivity contribution < 1.29 is 29.1 Å². The van der Waals surface area contributed by atoms with Gasteiger partial charge in [0.25, 0.3) is 0 Å². The van der Waals surface area contributed by atoms with Crippen molar-refractivity contribution in [3.05, 3.63) is 18.2 Å². The van der Waals surface area contributed by atoms with E-state index < -0.39 is 60.2 Å². The molecule has 0 aliphatic rings. The molecule has 1 rings (SSSR count). The number of nitrogens with one attached hydrogen (secondary N) is 4. The lowest BCUT2D eigenvalue weighted by Crippen LogP contribution is -2.58. The van der Waals surface area contributed by atoms with Crippen molar-refractivity contribution in [3.63, 3.8) is 0 Å². The lowest BCUT2D eigenvalue weighted by molar-refractivity contribution is -0.143. The number of thiol groups is 1. The van der Waals surface area contributed by atoms with Crippen LogP contribution in [0.5, 0.6) is 0 Å². The summed E-state index contributed by atoms with van der Waals surface area (Å²) >= 11 is 4.03. The summed E-state index contributed by atoms with van der Waals surface area (Å²) < 4.78 is 0. The van der Waals surface area contributed by atoms with E-state index in [-0.39, 0.29) is 18.1 Å². The van der Waals surface area contributed by atoms with Crippen molar-refractivity contribution in [1.82, 2.24) is 25.9 Å². The summed E-state index contributed by atoms with van der Waals surface area (Å²) in [5, 5.41) is 16.3. The van der Waals surface area contributed by atoms with E-state index in [9.17, 15) is 24.0 Å². The molecule has 184 valence electrons. The number of hydrogen-bond donors (Lipinski definition) is 8. The van der Waals surface area contributed by atoms with Crippen molar-refractivity contribution >= 4 is 42.2 Å². The van der Waals surface area contributed by atoms with E-state index in [4.69, 9.17) is 16.6 Å². The number of carboxylic acid groups (broad SMARTS) is 1. The van der Waals surface area contributed by atoms with Crippen LogP contribution in [0.2, 0.25) is 0 Å². The Morgan fingerprint density at radius 2 is 1.64 bits per heavy atom. The first kappa shape index (κ1) is 27.9. The second-order valence-electron chi connectivity index (χ2n) is 7.89. The number of carboxylic acids is 1. The molecule has 0 fully saturated rings. The minimum atomic E-state index is -1.57. The zero-order valence-corrected chi connectivity index (χ0v) is 19.3. The van der Waals surface area contributed by atoms with Crippen molar-refractivity contribution in [2.45, 2.75) is 57.3 Å². The van der Waals surface area contributed by atoms with Crippen LogP contribution < -0.4 is 27.4 Å². The standard InChI is InChI=1S/C19H31N7O6S/c1-9(2)3-11(20)16(28)24-12(4-10-6-22-8-23-10)17(29)26-14(7-33)18(30)25-13(19(31)32)5-15(21)27/h6,8-9,11-14,33H,3-5,7,20H2,1-2H3,(H2,21,27)(H,22,23)(H,24,28)(H,25,30)(H,26,29)(H,31,32). The number of hydrogen-bond acceptors (Lipinski definition) is 8. The summed E-state index contributed by atoms with van der Waals surface area (Å²) in [6.45, 7) is 3.81. The Labute approximate surface area is 196 Å². The molecule has 0 bridgehead atoms. The minimum absolute atomic E-state index is 0.0340. The van der Waals surface area contributed by atoms with E-state index in [1.165, 1.54) is 12.5 Å². The lowest BCUT2D eigenvalue weighted by atomic mass is 10.0. The van der Waals surface area contributed by atoms with E-state index >= 15 is 0 Å². The fourth-order valence-electron chi connectivity index (χ4n) is 2.86. The zero-order chi connectivity index (χ0) is 25.1. The molecule has 4 amide bonds. The maximum Gasteiger partial charge on any atom is 0.326 e. The molecule has 0 radical (unpaired) electrons. The molecule has 9 N–H and O–H groups in total. The fourth-order valence-corrected chi connectivity index (χ4v) is 3.12. The average molecular weight is 486 g/mol. The molecule has 14 heteroatoms. The van der Waals surface area contributed by atoms with E-state index in [1.807, 2.05) is 13.8 Å². The van der Waals surface area contributed by atoms with Gasteiger partial charge in [0.15, 0.2) is 0 Å². The van der Waals surface area contributed by atoms with Crippen LogP contribution in [0.15, 0.2) is 12.5 Å². The molecule has 4 unspecified atom stereocenters. The molecule has 0 saturated carbocycles. The lowest BCUT2D eigenvalue weighted by Gasteiger charge is -2.24. The Balaban J connectivity index is 2.93. The predicted octanol–water partition coefficient (Wildman–Crippen LogP) is -2.33. The molecule has 1 aromatic rings. The number of carbonyl (C=O) groups excluding carboxylic acids is 4. The molecule has 1 heterocycles. The molecular weight excluding hydrogens is 454 g/mol. The first-order valence-electron chi connectivity index (χ1n) is 10.2. The molecule has 33 heavy (non-hydrogen) atoms. The van der Waals surface area contributed by atoms with Crippen LogP contribution in [0.25, 0.3) is 0 Å². The van der Waals surface area contributed by atoms with Crippen LogP contribution in [-0.2, 0) is 30.4 Å². The van der Waals surface area contributed by atoms with Crippen LogP contribution in [0.1, 0.15) is 32.4 Å². The molecular formula is C19H31N7O6S. The van der Waals surface area contributed by atoms with E-state index in [2.05, 4.69) is 38.5 Å². The first-order chi connectivity index (χ1) is 15.4. The molecule has 4 atom stereocenters. The third-order valence-electron chi connectivity index (χ3n) is 4.51. The summed E-state index contributed by atoms with van der Waals surface area (Å²) in [5.41, 5.74) is 11.5. The number of rotatable bonds is 14. The smallest absolute Gasteiger partial charge is 0.326 e. The maximum absolute atomic E-state index is 12.9. The van der Waals surface area contributed by atoms with Gasteiger partial charge in [-0.25, -0.2) is 9.78 Å². The van der Waals surface area contributed by atoms with Crippen molar-refractivity contribution in [2.75, 3.05) is 5.75 Å². The molecule has 0 saturated heterocycles. The quantitative estimate of drug-likeness (QED) is 0.133. The second kappa shape index (κ2) is 13.4. The minimum Gasteiger partial charge on any atom is -0.480 e. The molecule has 0 aliphatic heterocycles. The Morgan fingerprint density at radius 3 is 2.12 bits per heavy atom. The van der Waals surface area contributed by atoms with Gasteiger partial charge in [-0.15, -0.1) is 0 Å². The maximum atomic E-state index is 12.9. The van der Waals surface area contributed by atoms with Gasteiger partial charge in [0.2, 0.25) is 23.6 Å². The highest BCUT2D eigenvalue weighted by molar-refractivity contribution is 7.80. The zero-order valence-electron chi connectivity index (χ0n) is 18.4. The Hall–Kier alpha value is -3.13. The average Bonchev–Trinajstić information content (AvgIpc) is 3.22. The second-order valence-corrected chi connectivity index (χ2v) is 8.26. The van der Waals surface area contributed by atoms with Crippen molar-refractivity contribution in [3.8, 4) is 0 Å².